The second-order valence-corrected chi connectivity index (χ2v) is 5.35. The second kappa shape index (κ2) is 5.82. The maximum absolute atomic E-state index is 9.44. The fourth-order valence-electron chi connectivity index (χ4n) is 2.42. The average Bonchev–Trinajstić information content (AvgIpc) is 2.92. The Kier molecular flexibility index (Phi) is 3.71. The number of imidazole rings is 1. The molecule has 0 amide bonds. The molecule has 0 aliphatic carbocycles. The molecule has 0 fully saturated rings. The third-order valence-electron chi connectivity index (χ3n) is 3.46. The summed E-state index contributed by atoms with van der Waals surface area (Å²) < 4.78 is 2.07. The normalized spacial score (nSPS) is 11.8. The predicted molar refractivity (Wildman–Crippen MR) is 87.0 cm³/mol. The Morgan fingerprint density at radius 3 is 2.73 bits per heavy atom. The summed E-state index contributed by atoms with van der Waals surface area (Å²) in [6.45, 7) is 4.22. The van der Waals surface area contributed by atoms with Gasteiger partial charge in [0.2, 0.25) is 0 Å². The van der Waals surface area contributed by atoms with Crippen molar-refractivity contribution in [2.24, 2.45) is 0 Å². The molecule has 0 aromatic carbocycles. The van der Waals surface area contributed by atoms with Gasteiger partial charge in [0, 0.05) is 18.3 Å². The molecule has 0 saturated heterocycles. The van der Waals surface area contributed by atoms with Crippen molar-refractivity contribution in [3.05, 3.63) is 66.0 Å². The molecule has 4 heteroatoms. The van der Waals surface area contributed by atoms with E-state index in [1.165, 1.54) is 0 Å². The van der Waals surface area contributed by atoms with Gasteiger partial charge in [0.1, 0.15) is 11.9 Å². The van der Waals surface area contributed by atoms with E-state index >= 15 is 0 Å². The lowest BCUT2D eigenvalue weighted by Gasteiger charge is -2.02. The van der Waals surface area contributed by atoms with Gasteiger partial charge in [-0.25, -0.2) is 4.98 Å². The Morgan fingerprint density at radius 1 is 1.23 bits per heavy atom. The summed E-state index contributed by atoms with van der Waals surface area (Å²) in [5.74, 6) is 1.29. The Balaban J connectivity index is 2.18. The van der Waals surface area contributed by atoms with Gasteiger partial charge in [-0.3, -0.25) is 4.98 Å². The summed E-state index contributed by atoms with van der Waals surface area (Å²) in [7, 11) is 0. The average molecular weight is 288 g/mol. The largest absolute Gasteiger partial charge is 0.303 e. The van der Waals surface area contributed by atoms with Crippen molar-refractivity contribution in [2.45, 2.75) is 19.8 Å². The quantitative estimate of drug-likeness (QED) is 0.686. The van der Waals surface area contributed by atoms with Crippen LogP contribution in [0, 0.1) is 11.3 Å². The highest BCUT2D eigenvalue weighted by molar-refractivity contribution is 5.90. The SMILES string of the molecule is CC(C)c1nc(/C=C(\C#N)c2ccccn2)c2ccccn12. The zero-order chi connectivity index (χ0) is 15.5. The lowest BCUT2D eigenvalue weighted by atomic mass is 10.1. The van der Waals surface area contributed by atoms with E-state index in [9.17, 15) is 5.26 Å². The predicted octanol–water partition coefficient (Wildman–Crippen LogP) is 3.92. The van der Waals surface area contributed by atoms with E-state index < -0.39 is 0 Å². The summed E-state index contributed by atoms with van der Waals surface area (Å²) in [5.41, 5.74) is 2.97. The van der Waals surface area contributed by atoms with E-state index in [1.54, 1.807) is 6.20 Å². The zero-order valence-electron chi connectivity index (χ0n) is 12.6. The van der Waals surface area contributed by atoms with E-state index in [1.807, 2.05) is 48.7 Å². The lowest BCUT2D eigenvalue weighted by molar-refractivity contribution is 0.770. The van der Waals surface area contributed by atoms with Crippen LogP contribution in [0.5, 0.6) is 0 Å². The van der Waals surface area contributed by atoms with Crippen LogP contribution < -0.4 is 0 Å². The summed E-state index contributed by atoms with van der Waals surface area (Å²) >= 11 is 0. The van der Waals surface area contributed by atoms with Crippen molar-refractivity contribution in [1.29, 1.82) is 5.26 Å². The number of allylic oxidation sites excluding steroid dienone is 1. The van der Waals surface area contributed by atoms with Gasteiger partial charge in [-0.2, -0.15) is 5.26 Å². The smallest absolute Gasteiger partial charge is 0.116 e. The first-order valence-corrected chi connectivity index (χ1v) is 7.21. The number of rotatable bonds is 3. The molecule has 0 aliphatic rings. The molecule has 0 spiro atoms. The van der Waals surface area contributed by atoms with E-state index in [4.69, 9.17) is 4.98 Å². The first-order chi connectivity index (χ1) is 10.7. The third kappa shape index (κ3) is 2.49. The number of hydrogen-bond donors (Lipinski definition) is 0. The molecule has 3 aromatic heterocycles. The molecule has 4 nitrogen and oxygen atoms in total. The molecule has 0 atom stereocenters. The van der Waals surface area contributed by atoms with E-state index in [2.05, 4.69) is 29.3 Å². The van der Waals surface area contributed by atoms with Crippen LogP contribution in [0.1, 0.15) is 37.0 Å². The molecule has 0 radical (unpaired) electrons. The maximum atomic E-state index is 9.44. The van der Waals surface area contributed by atoms with Crippen molar-refractivity contribution < 1.29 is 0 Å². The molecule has 108 valence electrons. The highest BCUT2D eigenvalue weighted by Gasteiger charge is 2.13. The van der Waals surface area contributed by atoms with Crippen molar-refractivity contribution in [2.75, 3.05) is 0 Å². The van der Waals surface area contributed by atoms with Gasteiger partial charge in [0.15, 0.2) is 0 Å². The van der Waals surface area contributed by atoms with Gasteiger partial charge in [-0.15, -0.1) is 0 Å². The highest BCUT2D eigenvalue weighted by Crippen LogP contribution is 2.23. The molecule has 3 rings (SSSR count). The number of nitriles is 1. The molecule has 3 heterocycles. The van der Waals surface area contributed by atoms with Crippen LogP contribution in [0.4, 0.5) is 0 Å². The number of aromatic nitrogens is 3. The summed E-state index contributed by atoms with van der Waals surface area (Å²) in [6.07, 6.45) is 5.50. The molecule has 0 saturated carbocycles. The van der Waals surface area contributed by atoms with E-state index in [0.717, 1.165) is 17.0 Å². The van der Waals surface area contributed by atoms with Crippen LogP contribution in [0.25, 0.3) is 17.2 Å². The first-order valence-electron chi connectivity index (χ1n) is 7.21. The molecule has 0 aliphatic heterocycles. The van der Waals surface area contributed by atoms with Crippen molar-refractivity contribution >= 4 is 17.2 Å². The topological polar surface area (TPSA) is 54.0 Å². The van der Waals surface area contributed by atoms with Gasteiger partial charge < -0.3 is 4.40 Å². The second-order valence-electron chi connectivity index (χ2n) is 5.35. The molecule has 0 unspecified atom stereocenters. The Labute approximate surface area is 129 Å². The van der Waals surface area contributed by atoms with Crippen LogP contribution in [0.15, 0.2) is 48.8 Å². The van der Waals surface area contributed by atoms with Crippen LogP contribution >= 0.6 is 0 Å². The van der Waals surface area contributed by atoms with Crippen molar-refractivity contribution in [1.82, 2.24) is 14.4 Å². The molecular formula is C18H16N4. The highest BCUT2D eigenvalue weighted by atomic mass is 15.0. The van der Waals surface area contributed by atoms with Gasteiger partial charge in [-0.05, 0) is 30.3 Å². The standard InChI is InChI=1S/C18H16N4/c1-13(2)18-21-16(17-8-4-6-10-22(17)18)11-14(12-19)15-7-3-5-9-20-15/h3-11,13H,1-2H3/b14-11+. The molecule has 3 aromatic rings. The van der Waals surface area contributed by atoms with Crippen molar-refractivity contribution in [3.8, 4) is 6.07 Å². The van der Waals surface area contributed by atoms with Gasteiger partial charge in [0.25, 0.3) is 0 Å². The number of pyridine rings is 2. The van der Waals surface area contributed by atoms with Gasteiger partial charge in [0.05, 0.1) is 22.5 Å². The van der Waals surface area contributed by atoms with Crippen LogP contribution in [-0.2, 0) is 0 Å². The monoisotopic (exact) mass is 288 g/mol. The Bertz CT molecular complexity index is 867. The van der Waals surface area contributed by atoms with Crippen LogP contribution in [0.3, 0.4) is 0 Å². The third-order valence-corrected chi connectivity index (χ3v) is 3.46. The minimum Gasteiger partial charge on any atom is -0.303 e. The number of fused-ring (bicyclic) bond motifs is 1. The van der Waals surface area contributed by atoms with Crippen LogP contribution in [-0.4, -0.2) is 14.4 Å². The lowest BCUT2D eigenvalue weighted by Crippen LogP contribution is -1.95. The molecule has 22 heavy (non-hydrogen) atoms. The minimum atomic E-state index is 0.303. The van der Waals surface area contributed by atoms with Gasteiger partial charge >= 0.3 is 0 Å². The molecule has 0 bridgehead atoms. The number of hydrogen-bond acceptors (Lipinski definition) is 3. The maximum Gasteiger partial charge on any atom is 0.116 e. The zero-order valence-corrected chi connectivity index (χ0v) is 12.6. The number of nitrogens with zero attached hydrogens (tertiary/aromatic N) is 4. The fourth-order valence-corrected chi connectivity index (χ4v) is 2.42. The Morgan fingerprint density at radius 2 is 2.05 bits per heavy atom. The molecular weight excluding hydrogens is 272 g/mol. The summed E-state index contributed by atoms with van der Waals surface area (Å²) in [6, 6.07) is 13.7. The minimum absolute atomic E-state index is 0.303. The van der Waals surface area contributed by atoms with Crippen molar-refractivity contribution in [3.63, 3.8) is 0 Å². The molecule has 0 N–H and O–H groups in total. The summed E-state index contributed by atoms with van der Waals surface area (Å²) in [4.78, 5) is 8.95. The van der Waals surface area contributed by atoms with Gasteiger partial charge in [-0.1, -0.05) is 26.0 Å². The fraction of sp³-hybridized carbons (Fsp3) is 0.167. The first kappa shape index (κ1) is 14.0. The van der Waals surface area contributed by atoms with E-state index in [-0.39, 0.29) is 0 Å². The Hall–Kier alpha value is -2.93. The van der Waals surface area contributed by atoms with Crippen LogP contribution in [0.2, 0.25) is 0 Å². The van der Waals surface area contributed by atoms with E-state index in [0.29, 0.717) is 17.2 Å². The summed E-state index contributed by atoms with van der Waals surface area (Å²) in [5, 5.41) is 9.44.